The zero-order valence-corrected chi connectivity index (χ0v) is 15.8. The molecule has 0 radical (unpaired) electrons. The molecule has 27 heavy (non-hydrogen) atoms. The third-order valence-corrected chi connectivity index (χ3v) is 5.17. The Hall–Kier alpha value is -2.76. The van der Waals surface area contributed by atoms with E-state index in [-0.39, 0.29) is 12.3 Å². The van der Waals surface area contributed by atoms with Crippen LogP contribution < -0.4 is 0 Å². The first-order valence-electron chi connectivity index (χ1n) is 9.34. The maximum Gasteiger partial charge on any atom is 0.334 e. The molecular formula is C21H24N2O4. The fourth-order valence-corrected chi connectivity index (χ4v) is 3.54. The monoisotopic (exact) mass is 368 g/mol. The normalized spacial score (nSPS) is 17.6. The smallest absolute Gasteiger partial charge is 0.292 e. The predicted octanol–water partition coefficient (Wildman–Crippen LogP) is 3.17. The molecule has 0 spiro atoms. The molecule has 2 aliphatic rings. The molecule has 0 aromatic heterocycles. The standard InChI is InChI=1S/C21H24N2O4/c1-14-8-9-15(2)17(12-14)18(24)13-23-20(26)19(25)22(21(23)27)11-10-16-6-4-3-5-7-16/h6,8-9,12H,3-5,7,10-11,13H2,1-2H3. The number of hydrogen-bond acceptors (Lipinski definition) is 4. The summed E-state index contributed by atoms with van der Waals surface area (Å²) in [6.07, 6.45) is 7.01. The van der Waals surface area contributed by atoms with E-state index in [2.05, 4.69) is 6.08 Å². The van der Waals surface area contributed by atoms with Crippen LogP contribution in [-0.2, 0) is 9.59 Å². The second-order valence-corrected chi connectivity index (χ2v) is 7.23. The summed E-state index contributed by atoms with van der Waals surface area (Å²) in [4.78, 5) is 51.4. The van der Waals surface area contributed by atoms with E-state index >= 15 is 0 Å². The summed E-state index contributed by atoms with van der Waals surface area (Å²) in [6, 6.07) is 4.76. The van der Waals surface area contributed by atoms with E-state index in [0.29, 0.717) is 12.0 Å². The lowest BCUT2D eigenvalue weighted by Crippen LogP contribution is -2.37. The zero-order chi connectivity index (χ0) is 19.6. The van der Waals surface area contributed by atoms with Crippen molar-refractivity contribution in [2.24, 2.45) is 0 Å². The van der Waals surface area contributed by atoms with Crippen molar-refractivity contribution in [2.45, 2.75) is 46.0 Å². The lowest BCUT2D eigenvalue weighted by atomic mass is 9.97. The van der Waals surface area contributed by atoms with Crippen LogP contribution in [0, 0.1) is 13.8 Å². The van der Waals surface area contributed by atoms with E-state index in [9.17, 15) is 19.2 Å². The number of amides is 4. The van der Waals surface area contributed by atoms with Gasteiger partial charge in [-0.3, -0.25) is 19.3 Å². The number of allylic oxidation sites excluding steroid dienone is 1. The van der Waals surface area contributed by atoms with Gasteiger partial charge in [0.05, 0.1) is 6.54 Å². The highest BCUT2D eigenvalue weighted by Crippen LogP contribution is 2.22. The Morgan fingerprint density at radius 3 is 2.48 bits per heavy atom. The van der Waals surface area contributed by atoms with Gasteiger partial charge in [-0.1, -0.05) is 29.3 Å². The minimum atomic E-state index is -0.920. The molecule has 0 saturated carbocycles. The van der Waals surface area contributed by atoms with E-state index in [1.807, 2.05) is 19.1 Å². The van der Waals surface area contributed by atoms with E-state index in [0.717, 1.165) is 46.6 Å². The van der Waals surface area contributed by atoms with Crippen LogP contribution >= 0.6 is 0 Å². The first-order chi connectivity index (χ1) is 12.9. The van der Waals surface area contributed by atoms with Crippen molar-refractivity contribution < 1.29 is 19.2 Å². The average Bonchev–Trinajstić information content (AvgIpc) is 2.86. The summed E-state index contributed by atoms with van der Waals surface area (Å²) in [5.74, 6) is -2.11. The Bertz CT molecular complexity index is 841. The third-order valence-electron chi connectivity index (χ3n) is 5.17. The van der Waals surface area contributed by atoms with E-state index in [4.69, 9.17) is 0 Å². The van der Waals surface area contributed by atoms with E-state index in [1.54, 1.807) is 13.0 Å². The molecule has 1 aliphatic carbocycles. The van der Waals surface area contributed by atoms with Crippen LogP contribution in [0.4, 0.5) is 4.79 Å². The van der Waals surface area contributed by atoms with Crippen molar-refractivity contribution in [3.63, 3.8) is 0 Å². The number of ketones is 1. The van der Waals surface area contributed by atoms with E-state index < -0.39 is 24.4 Å². The highest BCUT2D eigenvalue weighted by molar-refractivity contribution is 6.45. The van der Waals surface area contributed by atoms with Gasteiger partial charge in [-0.05, 0) is 57.6 Å². The van der Waals surface area contributed by atoms with Gasteiger partial charge in [-0.2, -0.15) is 0 Å². The Balaban J connectivity index is 1.69. The minimum Gasteiger partial charge on any atom is -0.292 e. The molecule has 3 rings (SSSR count). The minimum absolute atomic E-state index is 0.184. The lowest BCUT2D eigenvalue weighted by molar-refractivity contribution is -0.143. The molecule has 1 heterocycles. The largest absolute Gasteiger partial charge is 0.334 e. The number of carbonyl (C=O) groups excluding carboxylic acids is 4. The number of aryl methyl sites for hydroxylation is 2. The molecule has 0 bridgehead atoms. The Morgan fingerprint density at radius 2 is 1.78 bits per heavy atom. The van der Waals surface area contributed by atoms with Gasteiger partial charge in [-0.15, -0.1) is 0 Å². The molecule has 1 fully saturated rings. The molecule has 0 atom stereocenters. The van der Waals surface area contributed by atoms with Gasteiger partial charge in [0.25, 0.3) is 0 Å². The first kappa shape index (κ1) is 19.0. The van der Waals surface area contributed by atoms with Crippen LogP contribution in [0.2, 0.25) is 0 Å². The fraction of sp³-hybridized carbons (Fsp3) is 0.429. The number of rotatable bonds is 6. The number of benzene rings is 1. The van der Waals surface area contributed by atoms with Crippen LogP contribution in [0.15, 0.2) is 29.8 Å². The summed E-state index contributed by atoms with van der Waals surface area (Å²) >= 11 is 0. The zero-order valence-electron chi connectivity index (χ0n) is 15.8. The topological polar surface area (TPSA) is 74.8 Å². The maximum atomic E-state index is 12.6. The number of carbonyl (C=O) groups is 4. The number of urea groups is 1. The summed E-state index contributed by atoms with van der Waals surface area (Å²) < 4.78 is 0. The van der Waals surface area contributed by atoms with Crippen molar-refractivity contribution in [3.05, 3.63) is 46.5 Å². The van der Waals surface area contributed by atoms with Gasteiger partial charge in [0.15, 0.2) is 5.78 Å². The third kappa shape index (κ3) is 3.99. The van der Waals surface area contributed by atoms with E-state index in [1.165, 1.54) is 5.57 Å². The van der Waals surface area contributed by atoms with Gasteiger partial charge in [0, 0.05) is 12.1 Å². The van der Waals surface area contributed by atoms with Crippen LogP contribution in [0.3, 0.4) is 0 Å². The highest BCUT2D eigenvalue weighted by atomic mass is 16.2. The molecule has 0 unspecified atom stereocenters. The molecule has 1 aromatic rings. The second kappa shape index (κ2) is 7.86. The van der Waals surface area contributed by atoms with Crippen molar-refractivity contribution in [1.82, 2.24) is 9.80 Å². The van der Waals surface area contributed by atoms with Crippen LogP contribution in [0.25, 0.3) is 0 Å². The first-order valence-corrected chi connectivity index (χ1v) is 9.34. The quantitative estimate of drug-likeness (QED) is 0.335. The summed E-state index contributed by atoms with van der Waals surface area (Å²) in [5.41, 5.74) is 3.38. The second-order valence-electron chi connectivity index (χ2n) is 7.23. The van der Waals surface area contributed by atoms with Crippen molar-refractivity contribution in [2.75, 3.05) is 13.1 Å². The van der Waals surface area contributed by atoms with Gasteiger partial charge >= 0.3 is 17.8 Å². The molecule has 0 N–H and O–H groups in total. The predicted molar refractivity (Wildman–Crippen MR) is 100 cm³/mol. The van der Waals surface area contributed by atoms with Crippen LogP contribution in [0.5, 0.6) is 0 Å². The fourth-order valence-electron chi connectivity index (χ4n) is 3.54. The van der Waals surface area contributed by atoms with Crippen LogP contribution in [0.1, 0.15) is 53.6 Å². The Labute approximate surface area is 158 Å². The van der Waals surface area contributed by atoms with Gasteiger partial charge in [0.2, 0.25) is 0 Å². The number of nitrogens with zero attached hydrogens (tertiary/aromatic N) is 2. The Kier molecular flexibility index (Phi) is 5.54. The maximum absolute atomic E-state index is 12.6. The van der Waals surface area contributed by atoms with Gasteiger partial charge in [-0.25, -0.2) is 9.69 Å². The number of hydrogen-bond donors (Lipinski definition) is 0. The van der Waals surface area contributed by atoms with Crippen LogP contribution in [-0.4, -0.2) is 46.5 Å². The summed E-state index contributed by atoms with van der Waals surface area (Å²) in [5, 5.41) is 0. The van der Waals surface area contributed by atoms with Gasteiger partial charge in [0.1, 0.15) is 0 Å². The average molecular weight is 368 g/mol. The SMILES string of the molecule is Cc1ccc(C)c(C(=O)CN2C(=O)C(=O)N(CCC3=CCCCC3)C2=O)c1. The van der Waals surface area contributed by atoms with Crippen molar-refractivity contribution in [3.8, 4) is 0 Å². The highest BCUT2D eigenvalue weighted by Gasteiger charge is 2.45. The number of imide groups is 2. The molecule has 1 aromatic carbocycles. The molecule has 142 valence electrons. The molecule has 1 aliphatic heterocycles. The molecular weight excluding hydrogens is 344 g/mol. The van der Waals surface area contributed by atoms with Crippen molar-refractivity contribution >= 4 is 23.6 Å². The number of Topliss-reactive ketones (excluding diaryl/α,β-unsaturated/α-hetero) is 1. The molecule has 6 heteroatoms. The molecule has 4 amide bonds. The van der Waals surface area contributed by atoms with Crippen molar-refractivity contribution in [1.29, 1.82) is 0 Å². The molecule has 1 saturated heterocycles. The summed E-state index contributed by atoms with van der Waals surface area (Å²) in [7, 11) is 0. The van der Waals surface area contributed by atoms with Gasteiger partial charge < -0.3 is 0 Å². The Morgan fingerprint density at radius 1 is 1.04 bits per heavy atom. The summed E-state index contributed by atoms with van der Waals surface area (Å²) in [6.45, 7) is 3.44. The molecule has 6 nitrogen and oxygen atoms in total. The lowest BCUT2D eigenvalue weighted by Gasteiger charge is -2.17.